The molecule has 0 radical (unpaired) electrons. The van der Waals surface area contributed by atoms with E-state index in [1.54, 1.807) is 19.1 Å². The van der Waals surface area contributed by atoms with Crippen molar-refractivity contribution in [2.24, 2.45) is 5.92 Å². The molecule has 1 saturated carbocycles. The minimum Gasteiger partial charge on any atom is -0.350 e. The normalized spacial score (nSPS) is 18.2. The van der Waals surface area contributed by atoms with Crippen LogP contribution in [0.25, 0.3) is 5.78 Å². The van der Waals surface area contributed by atoms with Gasteiger partial charge < -0.3 is 10.6 Å². The Labute approximate surface area is 208 Å². The molecule has 3 aromatic rings. The maximum atomic E-state index is 13.5. The van der Waals surface area contributed by atoms with Gasteiger partial charge in [-0.15, -0.1) is 0 Å². The number of carbonyl (C=O) groups is 2. The number of aryl methyl sites for hydroxylation is 1. The highest BCUT2D eigenvalue weighted by Crippen LogP contribution is 2.24. The Hall–Kier alpha value is -3.45. The lowest BCUT2D eigenvalue weighted by Gasteiger charge is -2.28. The predicted molar refractivity (Wildman–Crippen MR) is 129 cm³/mol. The first-order valence-corrected chi connectivity index (χ1v) is 13.5. The van der Waals surface area contributed by atoms with Crippen LogP contribution in [0.4, 0.5) is 4.39 Å². The van der Waals surface area contributed by atoms with Crippen molar-refractivity contribution in [3.05, 3.63) is 58.9 Å². The molecule has 1 aliphatic rings. The minimum atomic E-state index is -3.24. The maximum Gasteiger partial charge on any atom is 0.270 e. The van der Waals surface area contributed by atoms with Crippen molar-refractivity contribution in [2.45, 2.75) is 45.2 Å². The largest absolute Gasteiger partial charge is 0.350 e. The number of amides is 2. The summed E-state index contributed by atoms with van der Waals surface area (Å²) in [6.45, 7) is 2.22. The monoisotopic (exact) mass is 517 g/mol. The van der Waals surface area contributed by atoms with Crippen molar-refractivity contribution in [1.82, 2.24) is 34.9 Å². The SMILES string of the molecule is Cc1cc(CNC(=O)c2cc(C(=O)NC[C@H]3CC[C@H](NS(C)(=O)=O)CC3)n3ncnc3n2)ccc1F. The fraction of sp³-hybridized carbons (Fsp3) is 0.435. The van der Waals surface area contributed by atoms with Gasteiger partial charge in [-0.25, -0.2) is 22.5 Å². The van der Waals surface area contributed by atoms with E-state index >= 15 is 0 Å². The molecule has 4 rings (SSSR count). The number of aromatic nitrogens is 4. The highest BCUT2D eigenvalue weighted by Gasteiger charge is 2.24. The first-order valence-electron chi connectivity index (χ1n) is 11.6. The number of carbonyl (C=O) groups excluding carboxylic acids is 2. The Bertz CT molecular complexity index is 1380. The van der Waals surface area contributed by atoms with Crippen molar-refractivity contribution in [3.8, 4) is 0 Å². The highest BCUT2D eigenvalue weighted by molar-refractivity contribution is 7.88. The molecule has 0 spiro atoms. The molecule has 192 valence electrons. The molecule has 0 bridgehead atoms. The molecule has 0 aliphatic heterocycles. The number of nitrogens with zero attached hydrogens (tertiary/aromatic N) is 4. The summed E-state index contributed by atoms with van der Waals surface area (Å²) in [5.74, 6) is -0.932. The third-order valence-corrected chi connectivity index (χ3v) is 6.93. The van der Waals surface area contributed by atoms with Gasteiger partial charge in [-0.2, -0.15) is 14.6 Å². The van der Waals surface area contributed by atoms with Gasteiger partial charge in [0, 0.05) is 25.2 Å². The topological polar surface area (TPSA) is 147 Å². The maximum absolute atomic E-state index is 13.5. The van der Waals surface area contributed by atoms with Crippen LogP contribution in [0.5, 0.6) is 0 Å². The van der Waals surface area contributed by atoms with Gasteiger partial charge in [-0.05, 0) is 55.7 Å². The zero-order chi connectivity index (χ0) is 25.9. The summed E-state index contributed by atoms with van der Waals surface area (Å²) in [6, 6.07) is 5.85. The standard InChI is InChI=1S/C23H28FN7O4S/c1-14-9-16(5-8-18(14)24)12-25-21(32)19-10-20(31-23(29-19)27-13-28-31)22(33)26-11-15-3-6-17(7-4-15)30-36(2,34)35/h5,8-10,13,15,17,30H,3-4,6-7,11-12H2,1-2H3,(H,25,32)(H,26,33)/t15-,17-. The van der Waals surface area contributed by atoms with Crippen LogP contribution >= 0.6 is 0 Å². The fourth-order valence-electron chi connectivity index (χ4n) is 4.29. The van der Waals surface area contributed by atoms with Gasteiger partial charge in [-0.1, -0.05) is 12.1 Å². The van der Waals surface area contributed by atoms with E-state index in [1.807, 2.05) is 0 Å². The molecule has 1 fully saturated rings. The average Bonchev–Trinajstić information content (AvgIpc) is 3.31. The second kappa shape index (κ2) is 10.7. The third kappa shape index (κ3) is 6.40. The van der Waals surface area contributed by atoms with Crippen molar-refractivity contribution < 1.29 is 22.4 Å². The average molecular weight is 518 g/mol. The number of sulfonamides is 1. The van der Waals surface area contributed by atoms with E-state index < -0.39 is 21.8 Å². The van der Waals surface area contributed by atoms with Gasteiger partial charge in [0.2, 0.25) is 10.0 Å². The van der Waals surface area contributed by atoms with Gasteiger partial charge in [0.25, 0.3) is 17.6 Å². The van der Waals surface area contributed by atoms with Gasteiger partial charge in [0.1, 0.15) is 23.5 Å². The molecule has 1 aromatic carbocycles. The lowest BCUT2D eigenvalue weighted by atomic mass is 9.86. The molecule has 0 saturated heterocycles. The Kier molecular flexibility index (Phi) is 7.59. The van der Waals surface area contributed by atoms with Crippen molar-refractivity contribution >= 4 is 27.6 Å². The molecule has 13 heteroatoms. The smallest absolute Gasteiger partial charge is 0.270 e. The number of fused-ring (bicyclic) bond motifs is 1. The summed E-state index contributed by atoms with van der Waals surface area (Å²) in [7, 11) is -3.24. The number of rotatable bonds is 8. The lowest BCUT2D eigenvalue weighted by molar-refractivity contribution is 0.0935. The van der Waals surface area contributed by atoms with E-state index in [0.717, 1.165) is 24.7 Å². The van der Waals surface area contributed by atoms with Gasteiger partial charge in [-0.3, -0.25) is 9.59 Å². The first kappa shape index (κ1) is 25.6. The van der Waals surface area contributed by atoms with Crippen molar-refractivity contribution in [3.63, 3.8) is 0 Å². The van der Waals surface area contributed by atoms with Crippen molar-refractivity contribution in [2.75, 3.05) is 12.8 Å². The predicted octanol–water partition coefficient (Wildman–Crippen LogP) is 1.34. The Morgan fingerprint density at radius 3 is 2.56 bits per heavy atom. The van der Waals surface area contributed by atoms with Gasteiger partial charge >= 0.3 is 0 Å². The molecular weight excluding hydrogens is 489 g/mol. The van der Waals surface area contributed by atoms with E-state index in [0.29, 0.717) is 24.9 Å². The number of halogens is 1. The van der Waals surface area contributed by atoms with Crippen LogP contribution in [0, 0.1) is 18.7 Å². The molecular formula is C23H28FN7O4S. The van der Waals surface area contributed by atoms with E-state index in [1.165, 1.54) is 23.0 Å². The summed E-state index contributed by atoms with van der Waals surface area (Å²) in [4.78, 5) is 34.0. The highest BCUT2D eigenvalue weighted by atomic mass is 32.2. The van der Waals surface area contributed by atoms with Crippen molar-refractivity contribution in [1.29, 1.82) is 0 Å². The van der Waals surface area contributed by atoms with E-state index in [9.17, 15) is 22.4 Å². The quantitative estimate of drug-likeness (QED) is 0.408. The minimum absolute atomic E-state index is 0.00633. The molecule has 3 N–H and O–H groups in total. The van der Waals surface area contributed by atoms with Crippen LogP contribution in [0.3, 0.4) is 0 Å². The number of benzene rings is 1. The van der Waals surface area contributed by atoms with E-state index in [4.69, 9.17) is 0 Å². The Balaban J connectivity index is 1.39. The summed E-state index contributed by atoms with van der Waals surface area (Å²) in [5.41, 5.74) is 1.33. The molecule has 0 atom stereocenters. The second-order valence-corrected chi connectivity index (χ2v) is 10.9. The third-order valence-electron chi connectivity index (χ3n) is 6.17. The number of hydrogen-bond donors (Lipinski definition) is 3. The number of nitrogens with one attached hydrogen (secondary N) is 3. The fourth-order valence-corrected chi connectivity index (χ4v) is 5.14. The van der Waals surface area contributed by atoms with Crippen LogP contribution in [-0.4, -0.2) is 58.7 Å². The molecule has 2 aromatic heterocycles. The molecule has 11 nitrogen and oxygen atoms in total. The van der Waals surface area contributed by atoms with Crippen LogP contribution < -0.4 is 15.4 Å². The number of hydrogen-bond acceptors (Lipinski definition) is 7. The Morgan fingerprint density at radius 1 is 1.11 bits per heavy atom. The molecule has 1 aliphatic carbocycles. The molecule has 2 heterocycles. The lowest BCUT2D eigenvalue weighted by Crippen LogP contribution is -2.39. The second-order valence-electron chi connectivity index (χ2n) is 9.08. The Morgan fingerprint density at radius 2 is 1.86 bits per heavy atom. The van der Waals surface area contributed by atoms with Crippen LogP contribution in [0.1, 0.15) is 57.8 Å². The van der Waals surface area contributed by atoms with Gasteiger partial charge in [0.15, 0.2) is 0 Å². The van der Waals surface area contributed by atoms with E-state index in [-0.39, 0.29) is 41.5 Å². The summed E-state index contributed by atoms with van der Waals surface area (Å²) in [6.07, 6.45) is 5.36. The summed E-state index contributed by atoms with van der Waals surface area (Å²) < 4.78 is 40.2. The first-order chi connectivity index (χ1) is 17.1. The zero-order valence-corrected chi connectivity index (χ0v) is 20.8. The molecule has 36 heavy (non-hydrogen) atoms. The summed E-state index contributed by atoms with van der Waals surface area (Å²) in [5, 5.41) is 9.66. The molecule has 2 amide bonds. The molecule has 0 unspecified atom stereocenters. The zero-order valence-electron chi connectivity index (χ0n) is 20.0. The summed E-state index contributed by atoms with van der Waals surface area (Å²) >= 11 is 0. The van der Waals surface area contributed by atoms with Crippen LogP contribution in [0.15, 0.2) is 30.6 Å². The van der Waals surface area contributed by atoms with Crippen LogP contribution in [0.2, 0.25) is 0 Å². The van der Waals surface area contributed by atoms with Gasteiger partial charge in [0.05, 0.1) is 6.26 Å². The van der Waals surface area contributed by atoms with Crippen LogP contribution in [-0.2, 0) is 16.6 Å². The van der Waals surface area contributed by atoms with E-state index in [2.05, 4.69) is 30.4 Å².